The lowest BCUT2D eigenvalue weighted by Crippen LogP contribution is -2.29. The molecule has 1 aliphatic rings. The largest absolute Gasteiger partial charge is 0.313 e. The van der Waals surface area contributed by atoms with E-state index in [9.17, 15) is 0 Å². The molecule has 0 bridgehead atoms. The number of rotatable bonds is 4. The lowest BCUT2D eigenvalue weighted by atomic mass is 9.75. The molecule has 1 aliphatic carbocycles. The molecule has 0 aliphatic heterocycles. The van der Waals surface area contributed by atoms with Crippen molar-refractivity contribution >= 4 is 10.9 Å². The molecular weight excluding hydrogens is 256 g/mol. The highest BCUT2D eigenvalue weighted by Crippen LogP contribution is 2.39. The Morgan fingerprint density at radius 2 is 2.14 bits per heavy atom. The molecule has 1 aromatic carbocycles. The van der Waals surface area contributed by atoms with Crippen LogP contribution in [-0.4, -0.2) is 12.0 Å². The molecule has 1 N–H and O–H groups in total. The van der Waals surface area contributed by atoms with Crippen molar-refractivity contribution in [2.24, 2.45) is 11.8 Å². The average molecular weight is 282 g/mol. The fourth-order valence-electron chi connectivity index (χ4n) is 4.05. The Morgan fingerprint density at radius 3 is 2.95 bits per heavy atom. The second-order valence-electron chi connectivity index (χ2n) is 6.38. The number of hydrogen-bond acceptors (Lipinski definition) is 2. The molecule has 112 valence electrons. The first-order chi connectivity index (χ1) is 10.3. The fraction of sp³-hybridized carbons (Fsp3) is 0.526. The third kappa shape index (κ3) is 2.96. The monoisotopic (exact) mass is 282 g/mol. The van der Waals surface area contributed by atoms with Crippen molar-refractivity contribution in [3.05, 3.63) is 42.1 Å². The van der Waals surface area contributed by atoms with Crippen LogP contribution < -0.4 is 5.32 Å². The molecule has 2 aromatic rings. The number of nitrogens with one attached hydrogen (secondary N) is 1. The average Bonchev–Trinajstić information content (AvgIpc) is 2.56. The van der Waals surface area contributed by atoms with E-state index in [1.165, 1.54) is 43.1 Å². The van der Waals surface area contributed by atoms with Crippen LogP contribution in [0.25, 0.3) is 10.9 Å². The number of fused-ring (bicyclic) bond motifs is 1. The van der Waals surface area contributed by atoms with Crippen LogP contribution in [0.5, 0.6) is 0 Å². The maximum absolute atomic E-state index is 4.51. The van der Waals surface area contributed by atoms with E-state index in [4.69, 9.17) is 0 Å². The lowest BCUT2D eigenvalue weighted by Gasteiger charge is -2.35. The smallest absolute Gasteiger partial charge is 0.0705 e. The van der Waals surface area contributed by atoms with E-state index < -0.39 is 0 Å². The maximum atomic E-state index is 4.51. The van der Waals surface area contributed by atoms with Crippen LogP contribution in [0, 0.1) is 11.8 Å². The van der Waals surface area contributed by atoms with Gasteiger partial charge in [0.2, 0.25) is 0 Å². The van der Waals surface area contributed by atoms with Gasteiger partial charge in [-0.2, -0.15) is 0 Å². The van der Waals surface area contributed by atoms with Gasteiger partial charge < -0.3 is 5.32 Å². The van der Waals surface area contributed by atoms with Crippen LogP contribution in [0.2, 0.25) is 0 Å². The second kappa shape index (κ2) is 6.57. The van der Waals surface area contributed by atoms with Crippen LogP contribution in [-0.2, 0) is 0 Å². The topological polar surface area (TPSA) is 24.9 Å². The van der Waals surface area contributed by atoms with Gasteiger partial charge in [0.15, 0.2) is 0 Å². The molecule has 0 radical (unpaired) electrons. The molecular formula is C19H26N2. The first-order valence-corrected chi connectivity index (χ1v) is 8.34. The minimum atomic E-state index is 0.451. The summed E-state index contributed by atoms with van der Waals surface area (Å²) in [6, 6.07) is 11.3. The minimum Gasteiger partial charge on any atom is -0.313 e. The van der Waals surface area contributed by atoms with Crippen LogP contribution >= 0.6 is 0 Å². The van der Waals surface area contributed by atoms with Gasteiger partial charge in [0.25, 0.3) is 0 Å². The molecule has 1 saturated carbocycles. The van der Waals surface area contributed by atoms with Gasteiger partial charge in [-0.05, 0) is 49.4 Å². The summed E-state index contributed by atoms with van der Waals surface area (Å²) >= 11 is 0. The van der Waals surface area contributed by atoms with E-state index >= 15 is 0 Å². The van der Waals surface area contributed by atoms with E-state index in [1.807, 2.05) is 12.3 Å². The summed E-state index contributed by atoms with van der Waals surface area (Å²) in [6.07, 6.45) is 8.71. The van der Waals surface area contributed by atoms with Gasteiger partial charge in [-0.15, -0.1) is 0 Å². The van der Waals surface area contributed by atoms with Crippen molar-refractivity contribution in [1.82, 2.24) is 10.3 Å². The molecule has 2 heteroatoms. The van der Waals surface area contributed by atoms with E-state index in [-0.39, 0.29) is 0 Å². The summed E-state index contributed by atoms with van der Waals surface area (Å²) in [4.78, 5) is 4.51. The summed E-state index contributed by atoms with van der Waals surface area (Å²) < 4.78 is 0. The third-order valence-electron chi connectivity index (χ3n) is 5.20. The highest BCUT2D eigenvalue weighted by Gasteiger charge is 2.28. The first-order valence-electron chi connectivity index (χ1n) is 8.34. The molecule has 0 amide bonds. The molecule has 1 aromatic heterocycles. The molecule has 0 spiro atoms. The number of nitrogens with zero attached hydrogens (tertiary/aromatic N) is 1. The van der Waals surface area contributed by atoms with E-state index in [0.717, 1.165) is 17.4 Å². The number of hydrogen-bond donors (Lipinski definition) is 1. The summed E-state index contributed by atoms with van der Waals surface area (Å²) in [5, 5.41) is 4.90. The maximum Gasteiger partial charge on any atom is 0.0705 e. The number of benzene rings is 1. The Morgan fingerprint density at radius 1 is 1.24 bits per heavy atom. The predicted octanol–water partition coefficient (Wildman–Crippen LogP) is 4.71. The van der Waals surface area contributed by atoms with Gasteiger partial charge in [-0.3, -0.25) is 4.98 Å². The Hall–Kier alpha value is -1.41. The van der Waals surface area contributed by atoms with Gasteiger partial charge >= 0.3 is 0 Å². The normalized spacial score (nSPS) is 24.1. The molecule has 3 unspecified atom stereocenters. The third-order valence-corrected chi connectivity index (χ3v) is 5.20. The lowest BCUT2D eigenvalue weighted by molar-refractivity contribution is 0.215. The zero-order valence-corrected chi connectivity index (χ0v) is 13.2. The molecule has 21 heavy (non-hydrogen) atoms. The molecule has 3 atom stereocenters. The van der Waals surface area contributed by atoms with Crippen LogP contribution in [0.3, 0.4) is 0 Å². The SMILES string of the molecule is CCC1CCCC(C(NC)c2cccc3ncccc23)C1. The Labute approximate surface area is 128 Å². The zero-order chi connectivity index (χ0) is 14.7. The van der Waals surface area contributed by atoms with Crippen LogP contribution in [0.1, 0.15) is 50.6 Å². The minimum absolute atomic E-state index is 0.451. The van der Waals surface area contributed by atoms with Gasteiger partial charge in [0.1, 0.15) is 0 Å². The number of pyridine rings is 1. The Balaban J connectivity index is 1.94. The van der Waals surface area contributed by atoms with Crippen LogP contribution in [0.15, 0.2) is 36.5 Å². The molecule has 1 heterocycles. The Bertz CT molecular complexity index is 588. The van der Waals surface area contributed by atoms with Crippen molar-refractivity contribution in [3.63, 3.8) is 0 Å². The second-order valence-corrected chi connectivity index (χ2v) is 6.38. The first kappa shape index (κ1) is 14.5. The van der Waals surface area contributed by atoms with Gasteiger partial charge in [-0.1, -0.05) is 44.4 Å². The molecule has 3 rings (SSSR count). The predicted molar refractivity (Wildman–Crippen MR) is 89.3 cm³/mol. The van der Waals surface area contributed by atoms with Crippen molar-refractivity contribution in [2.45, 2.75) is 45.1 Å². The van der Waals surface area contributed by atoms with Gasteiger partial charge in [0.05, 0.1) is 5.52 Å². The highest BCUT2D eigenvalue weighted by atomic mass is 14.9. The van der Waals surface area contributed by atoms with Crippen molar-refractivity contribution in [3.8, 4) is 0 Å². The van der Waals surface area contributed by atoms with Gasteiger partial charge in [-0.25, -0.2) is 0 Å². The van der Waals surface area contributed by atoms with Gasteiger partial charge in [0, 0.05) is 17.6 Å². The highest BCUT2D eigenvalue weighted by molar-refractivity contribution is 5.82. The molecule has 2 nitrogen and oxygen atoms in total. The fourth-order valence-corrected chi connectivity index (χ4v) is 4.05. The number of aromatic nitrogens is 1. The molecule has 1 fully saturated rings. The zero-order valence-electron chi connectivity index (χ0n) is 13.2. The summed E-state index contributed by atoms with van der Waals surface area (Å²) in [7, 11) is 2.11. The van der Waals surface area contributed by atoms with E-state index in [0.29, 0.717) is 6.04 Å². The van der Waals surface area contributed by atoms with E-state index in [1.54, 1.807) is 0 Å². The van der Waals surface area contributed by atoms with Crippen LogP contribution in [0.4, 0.5) is 0 Å². The summed E-state index contributed by atoms with van der Waals surface area (Å²) in [5.74, 6) is 1.66. The molecule has 0 saturated heterocycles. The van der Waals surface area contributed by atoms with Crippen molar-refractivity contribution in [1.29, 1.82) is 0 Å². The standard InChI is InChI=1S/C19H26N2/c1-3-14-7-4-8-15(13-14)19(20-2)17-9-5-11-18-16(17)10-6-12-21-18/h5-6,9-12,14-15,19-20H,3-4,7-8,13H2,1-2H3. The summed E-state index contributed by atoms with van der Waals surface area (Å²) in [5.41, 5.74) is 2.53. The summed E-state index contributed by atoms with van der Waals surface area (Å²) in [6.45, 7) is 2.34. The Kier molecular flexibility index (Phi) is 4.54. The van der Waals surface area contributed by atoms with Crippen molar-refractivity contribution in [2.75, 3.05) is 7.05 Å². The quantitative estimate of drug-likeness (QED) is 0.878. The van der Waals surface area contributed by atoms with Crippen molar-refractivity contribution < 1.29 is 0 Å². The van der Waals surface area contributed by atoms with E-state index in [2.05, 4.69) is 48.5 Å².